The first-order valence-electron chi connectivity index (χ1n) is 4.76. The van der Waals surface area contributed by atoms with E-state index in [-0.39, 0.29) is 16.0 Å². The number of aryl methyl sites for hydroxylation is 1. The Balaban J connectivity index is 2.94. The van der Waals surface area contributed by atoms with Gasteiger partial charge in [-0.05, 0) is 18.6 Å². The van der Waals surface area contributed by atoms with E-state index < -0.39 is 28.2 Å². The van der Waals surface area contributed by atoms with Gasteiger partial charge in [-0.25, -0.2) is 13.4 Å². The maximum Gasteiger partial charge on any atom is 0.304 e. The first-order chi connectivity index (χ1) is 8.21. The lowest BCUT2D eigenvalue weighted by atomic mass is 10.3. The number of aromatic nitrogens is 1. The summed E-state index contributed by atoms with van der Waals surface area (Å²) < 4.78 is 25.4. The van der Waals surface area contributed by atoms with E-state index in [1.54, 1.807) is 6.92 Å². The highest BCUT2D eigenvalue weighted by atomic mass is 35.5. The molecular formula is C9H10Cl2N2O4S. The lowest BCUT2D eigenvalue weighted by Gasteiger charge is -2.11. The van der Waals surface area contributed by atoms with E-state index in [0.29, 0.717) is 5.56 Å². The molecule has 1 aromatic rings. The fraction of sp³-hybridized carbons (Fsp3) is 0.333. The number of rotatable bonds is 5. The number of nitrogens with zero attached hydrogens (tertiary/aromatic N) is 1. The van der Waals surface area contributed by atoms with Crippen LogP contribution >= 0.6 is 23.2 Å². The fourth-order valence-corrected chi connectivity index (χ4v) is 2.90. The lowest BCUT2D eigenvalue weighted by Crippen LogP contribution is -2.19. The van der Waals surface area contributed by atoms with Crippen molar-refractivity contribution in [1.82, 2.24) is 4.98 Å². The third-order valence-electron chi connectivity index (χ3n) is 1.98. The molecule has 0 bridgehead atoms. The number of aliphatic carboxylic acids is 1. The molecule has 9 heteroatoms. The molecule has 2 N–H and O–H groups in total. The number of nitrogens with one attached hydrogen (secondary N) is 1. The van der Waals surface area contributed by atoms with Gasteiger partial charge in [0.05, 0.1) is 17.9 Å². The van der Waals surface area contributed by atoms with Crippen LogP contribution in [0.5, 0.6) is 0 Å². The number of hydrogen-bond donors (Lipinski definition) is 2. The Morgan fingerprint density at radius 3 is 2.61 bits per heavy atom. The zero-order valence-corrected chi connectivity index (χ0v) is 11.6. The van der Waals surface area contributed by atoms with Gasteiger partial charge in [0.15, 0.2) is 5.15 Å². The summed E-state index contributed by atoms with van der Waals surface area (Å²) in [5, 5.41) is 8.50. The zero-order chi connectivity index (χ0) is 13.9. The molecule has 0 fully saturated rings. The molecular weight excluding hydrogens is 303 g/mol. The third kappa shape index (κ3) is 4.32. The van der Waals surface area contributed by atoms with E-state index in [2.05, 4.69) is 9.71 Å². The van der Waals surface area contributed by atoms with Gasteiger partial charge in [0.2, 0.25) is 10.0 Å². The molecule has 1 heterocycles. The maximum absolute atomic E-state index is 11.6. The highest BCUT2D eigenvalue weighted by Crippen LogP contribution is 2.27. The Hall–Kier alpha value is -1.05. The molecule has 0 aliphatic rings. The summed E-state index contributed by atoms with van der Waals surface area (Å²) >= 11 is 11.4. The van der Waals surface area contributed by atoms with Crippen LogP contribution in [0.25, 0.3) is 0 Å². The molecule has 6 nitrogen and oxygen atoms in total. The van der Waals surface area contributed by atoms with Gasteiger partial charge in [0.25, 0.3) is 0 Å². The van der Waals surface area contributed by atoms with Gasteiger partial charge in [0, 0.05) is 0 Å². The van der Waals surface area contributed by atoms with Gasteiger partial charge in [-0.1, -0.05) is 23.2 Å². The molecule has 100 valence electrons. The lowest BCUT2D eigenvalue weighted by molar-refractivity contribution is -0.136. The van der Waals surface area contributed by atoms with Crippen molar-refractivity contribution in [2.24, 2.45) is 0 Å². The van der Waals surface area contributed by atoms with Crippen LogP contribution < -0.4 is 4.72 Å². The molecule has 0 aliphatic heterocycles. The van der Waals surface area contributed by atoms with Crippen LogP contribution in [-0.4, -0.2) is 30.2 Å². The summed E-state index contributed by atoms with van der Waals surface area (Å²) in [7, 11) is -3.79. The maximum atomic E-state index is 11.6. The van der Waals surface area contributed by atoms with Crippen LogP contribution in [-0.2, 0) is 14.8 Å². The quantitative estimate of drug-likeness (QED) is 0.810. The smallest absolute Gasteiger partial charge is 0.304 e. The van der Waals surface area contributed by atoms with E-state index in [1.165, 1.54) is 6.07 Å². The predicted molar refractivity (Wildman–Crippen MR) is 68.7 cm³/mol. The van der Waals surface area contributed by atoms with Crippen LogP contribution in [0.1, 0.15) is 12.0 Å². The van der Waals surface area contributed by atoms with Crippen molar-refractivity contribution in [1.29, 1.82) is 0 Å². The second kappa shape index (κ2) is 5.73. The molecule has 1 aromatic heterocycles. The highest BCUT2D eigenvalue weighted by molar-refractivity contribution is 7.92. The number of sulfonamides is 1. The summed E-state index contributed by atoms with van der Waals surface area (Å²) in [5.74, 6) is -1.74. The minimum absolute atomic E-state index is 0.0844. The standard InChI is InChI=1S/C9H10Cl2N2O4S/c1-5-4-6(10)12-9(11)8(5)13-18(16,17)3-2-7(14)15/h4,13H,2-3H2,1H3,(H,14,15). The van der Waals surface area contributed by atoms with Crippen molar-refractivity contribution in [3.8, 4) is 0 Å². The van der Waals surface area contributed by atoms with Crippen LogP contribution in [0.3, 0.4) is 0 Å². The van der Waals surface area contributed by atoms with E-state index in [4.69, 9.17) is 28.3 Å². The summed E-state index contributed by atoms with van der Waals surface area (Å²) in [6, 6.07) is 1.45. The minimum atomic E-state index is -3.79. The molecule has 0 radical (unpaired) electrons. The molecule has 0 atom stereocenters. The molecule has 0 spiro atoms. The van der Waals surface area contributed by atoms with Gasteiger partial charge < -0.3 is 5.11 Å². The van der Waals surface area contributed by atoms with Crippen molar-refractivity contribution in [2.75, 3.05) is 10.5 Å². The van der Waals surface area contributed by atoms with Gasteiger partial charge in [0.1, 0.15) is 5.15 Å². The molecule has 0 aliphatic carbocycles. The second-order valence-corrected chi connectivity index (χ2v) is 6.08. The molecule has 1 rings (SSSR count). The van der Waals surface area contributed by atoms with Crippen LogP contribution in [0.2, 0.25) is 10.3 Å². The number of hydrogen-bond acceptors (Lipinski definition) is 4. The number of carboxylic acids is 1. The Morgan fingerprint density at radius 2 is 2.11 bits per heavy atom. The summed E-state index contributed by atoms with van der Waals surface area (Å²) in [6.45, 7) is 1.61. The molecule has 0 saturated heterocycles. The van der Waals surface area contributed by atoms with Gasteiger partial charge in [-0.3, -0.25) is 9.52 Å². The van der Waals surface area contributed by atoms with E-state index in [0.717, 1.165) is 0 Å². The summed E-state index contributed by atoms with van der Waals surface area (Å²) in [4.78, 5) is 14.0. The Kier molecular flexibility index (Phi) is 4.78. The first kappa shape index (κ1) is 15.0. The van der Waals surface area contributed by atoms with Crippen molar-refractivity contribution in [2.45, 2.75) is 13.3 Å². The molecule has 0 unspecified atom stereocenters. The van der Waals surface area contributed by atoms with Crippen molar-refractivity contribution in [3.05, 3.63) is 21.9 Å². The van der Waals surface area contributed by atoms with Gasteiger partial charge in [-0.15, -0.1) is 0 Å². The highest BCUT2D eigenvalue weighted by Gasteiger charge is 2.17. The van der Waals surface area contributed by atoms with Crippen LogP contribution in [0.4, 0.5) is 5.69 Å². The van der Waals surface area contributed by atoms with E-state index in [1.807, 2.05) is 0 Å². The van der Waals surface area contributed by atoms with Crippen molar-refractivity contribution in [3.63, 3.8) is 0 Å². The SMILES string of the molecule is Cc1cc(Cl)nc(Cl)c1NS(=O)(=O)CCC(=O)O. The molecule has 0 amide bonds. The third-order valence-corrected chi connectivity index (χ3v) is 3.71. The molecule has 0 saturated carbocycles. The number of anilines is 1. The monoisotopic (exact) mass is 312 g/mol. The number of carboxylic acid groups (broad SMARTS) is 1. The van der Waals surface area contributed by atoms with E-state index in [9.17, 15) is 13.2 Å². The Bertz CT molecular complexity index is 551. The van der Waals surface area contributed by atoms with Crippen molar-refractivity contribution >= 4 is 44.9 Å². The summed E-state index contributed by atoms with van der Waals surface area (Å²) in [6.07, 6.45) is -0.493. The van der Waals surface area contributed by atoms with Gasteiger partial charge in [-0.2, -0.15) is 0 Å². The topological polar surface area (TPSA) is 96.4 Å². The van der Waals surface area contributed by atoms with Crippen molar-refractivity contribution < 1.29 is 18.3 Å². The minimum Gasteiger partial charge on any atom is -0.481 e. The molecule has 18 heavy (non-hydrogen) atoms. The normalized spacial score (nSPS) is 11.3. The van der Waals surface area contributed by atoms with Crippen LogP contribution in [0, 0.1) is 6.92 Å². The number of carbonyl (C=O) groups is 1. The second-order valence-electron chi connectivity index (χ2n) is 3.49. The number of halogens is 2. The zero-order valence-electron chi connectivity index (χ0n) is 9.27. The van der Waals surface area contributed by atoms with Gasteiger partial charge >= 0.3 is 5.97 Å². The number of pyridine rings is 1. The fourth-order valence-electron chi connectivity index (χ4n) is 1.15. The van der Waals surface area contributed by atoms with Crippen LogP contribution in [0.15, 0.2) is 6.07 Å². The predicted octanol–water partition coefficient (Wildman–Crippen LogP) is 1.91. The average Bonchev–Trinajstić information content (AvgIpc) is 2.21. The van der Waals surface area contributed by atoms with E-state index >= 15 is 0 Å². The Morgan fingerprint density at radius 1 is 1.50 bits per heavy atom. The first-order valence-corrected chi connectivity index (χ1v) is 7.17. The summed E-state index contributed by atoms with van der Waals surface area (Å²) in [5.41, 5.74) is 0.602. The molecule has 0 aromatic carbocycles. The largest absolute Gasteiger partial charge is 0.481 e. The Labute approximate surface area is 114 Å². The average molecular weight is 313 g/mol.